The van der Waals surface area contributed by atoms with Gasteiger partial charge in [0, 0.05) is 17.7 Å². The fraction of sp³-hybridized carbons (Fsp3) is 0.200. The van der Waals surface area contributed by atoms with Crippen LogP contribution in [0.2, 0.25) is 0 Å². The number of halogens is 4. The predicted octanol–water partition coefficient (Wildman–Crippen LogP) is 4.22. The van der Waals surface area contributed by atoms with Gasteiger partial charge in [0.25, 0.3) is 0 Å². The largest absolute Gasteiger partial charge is 0.486 e. The molecule has 1 aliphatic rings. The number of para-hydroxylation sites is 2. The minimum Gasteiger partial charge on any atom is -0.486 e. The Balaban J connectivity index is 1.89. The lowest BCUT2D eigenvalue weighted by molar-refractivity contribution is 0.0863. The van der Waals surface area contributed by atoms with Gasteiger partial charge in [-0.15, -0.1) is 11.6 Å². The Labute approximate surface area is 124 Å². The third-order valence-corrected chi connectivity index (χ3v) is 3.68. The maximum Gasteiger partial charge on any atom is 0.161 e. The van der Waals surface area contributed by atoms with E-state index in [2.05, 4.69) is 0 Å². The van der Waals surface area contributed by atoms with Gasteiger partial charge in [-0.3, -0.25) is 0 Å². The predicted molar refractivity (Wildman–Crippen MR) is 71.3 cm³/mol. The molecule has 6 heteroatoms. The van der Waals surface area contributed by atoms with Crippen molar-refractivity contribution < 1.29 is 22.6 Å². The molecule has 1 aliphatic heterocycles. The van der Waals surface area contributed by atoms with Crippen LogP contribution in [0.25, 0.3) is 0 Å². The van der Waals surface area contributed by atoms with E-state index in [1.165, 1.54) is 0 Å². The van der Waals surface area contributed by atoms with Gasteiger partial charge in [-0.2, -0.15) is 0 Å². The van der Waals surface area contributed by atoms with Crippen LogP contribution in [-0.4, -0.2) is 12.7 Å². The minimum atomic E-state index is -1.14. The van der Waals surface area contributed by atoms with E-state index >= 15 is 0 Å². The van der Waals surface area contributed by atoms with Gasteiger partial charge in [0.2, 0.25) is 0 Å². The van der Waals surface area contributed by atoms with Crippen LogP contribution in [0.15, 0.2) is 36.4 Å². The molecule has 0 saturated heterocycles. The van der Waals surface area contributed by atoms with E-state index in [0.717, 1.165) is 0 Å². The molecule has 2 aromatic rings. The first-order chi connectivity index (χ1) is 10.1. The van der Waals surface area contributed by atoms with Crippen LogP contribution in [0.5, 0.6) is 11.5 Å². The highest BCUT2D eigenvalue weighted by Crippen LogP contribution is 2.38. The Hall–Kier alpha value is -1.88. The van der Waals surface area contributed by atoms with Crippen molar-refractivity contribution in [2.75, 3.05) is 6.61 Å². The standard InChI is InChI=1S/C15H10ClF3O2/c16-15(14-9(18)5-8(17)6-10(14)19)13-7-20-11-3-1-2-4-12(11)21-13/h1-6,13,15H,7H2. The highest BCUT2D eigenvalue weighted by atomic mass is 35.5. The number of ether oxygens (including phenoxy) is 2. The average molecular weight is 315 g/mol. The number of hydrogen-bond acceptors (Lipinski definition) is 2. The molecule has 1 heterocycles. The molecule has 21 heavy (non-hydrogen) atoms. The van der Waals surface area contributed by atoms with Crippen molar-refractivity contribution in [3.05, 3.63) is 59.4 Å². The summed E-state index contributed by atoms with van der Waals surface area (Å²) in [7, 11) is 0. The lowest BCUT2D eigenvalue weighted by Crippen LogP contribution is -2.33. The van der Waals surface area contributed by atoms with Gasteiger partial charge in [-0.1, -0.05) is 12.1 Å². The number of alkyl halides is 1. The molecule has 2 atom stereocenters. The van der Waals surface area contributed by atoms with Gasteiger partial charge in [0.15, 0.2) is 17.6 Å². The van der Waals surface area contributed by atoms with Gasteiger partial charge in [-0.25, -0.2) is 13.2 Å². The summed E-state index contributed by atoms with van der Waals surface area (Å²) < 4.78 is 51.5. The van der Waals surface area contributed by atoms with E-state index < -0.39 is 34.5 Å². The second kappa shape index (κ2) is 5.48. The van der Waals surface area contributed by atoms with Crippen LogP contribution in [0, 0.1) is 17.5 Å². The summed E-state index contributed by atoms with van der Waals surface area (Å²) in [6.07, 6.45) is -0.781. The summed E-state index contributed by atoms with van der Waals surface area (Å²) in [6.45, 7) is 0.0431. The summed E-state index contributed by atoms with van der Waals surface area (Å²) >= 11 is 6.11. The van der Waals surface area contributed by atoms with Crippen molar-refractivity contribution in [1.29, 1.82) is 0 Å². The molecule has 0 saturated carbocycles. The fourth-order valence-electron chi connectivity index (χ4n) is 2.18. The minimum absolute atomic E-state index is 0.0431. The van der Waals surface area contributed by atoms with Gasteiger partial charge in [0.05, 0.1) is 0 Å². The van der Waals surface area contributed by atoms with Gasteiger partial charge in [0.1, 0.15) is 29.4 Å². The number of rotatable bonds is 2. The first kappa shape index (κ1) is 14.1. The Morgan fingerprint density at radius 1 is 1.05 bits per heavy atom. The summed E-state index contributed by atoms with van der Waals surface area (Å²) in [5.74, 6) is -2.10. The van der Waals surface area contributed by atoms with Crippen LogP contribution in [0.4, 0.5) is 13.2 Å². The summed E-state index contributed by atoms with van der Waals surface area (Å²) in [5.41, 5.74) is -0.425. The first-order valence-electron chi connectivity index (χ1n) is 6.23. The maximum absolute atomic E-state index is 13.8. The van der Waals surface area contributed by atoms with E-state index in [9.17, 15) is 13.2 Å². The Morgan fingerprint density at radius 3 is 2.33 bits per heavy atom. The number of hydrogen-bond donors (Lipinski definition) is 0. The topological polar surface area (TPSA) is 18.5 Å². The van der Waals surface area contributed by atoms with Crippen LogP contribution >= 0.6 is 11.6 Å². The van der Waals surface area contributed by atoms with Crippen LogP contribution in [0.3, 0.4) is 0 Å². The zero-order valence-corrected chi connectivity index (χ0v) is 11.4. The summed E-state index contributed by atoms with van der Waals surface area (Å²) in [6, 6.07) is 8.08. The molecule has 110 valence electrons. The third kappa shape index (κ3) is 2.65. The zero-order valence-electron chi connectivity index (χ0n) is 10.7. The lowest BCUT2D eigenvalue weighted by Gasteiger charge is -2.29. The molecular formula is C15H10ClF3O2. The summed E-state index contributed by atoms with van der Waals surface area (Å²) in [5, 5.41) is -1.14. The SMILES string of the molecule is Fc1cc(F)c(C(Cl)C2COc3ccccc3O2)c(F)c1. The molecule has 0 aromatic heterocycles. The van der Waals surface area contributed by atoms with E-state index in [-0.39, 0.29) is 6.61 Å². The van der Waals surface area contributed by atoms with Crippen LogP contribution in [0.1, 0.15) is 10.9 Å². The van der Waals surface area contributed by atoms with Gasteiger partial charge in [-0.05, 0) is 12.1 Å². The molecule has 0 radical (unpaired) electrons. The summed E-state index contributed by atoms with van der Waals surface area (Å²) in [4.78, 5) is 0. The normalized spacial score (nSPS) is 18.4. The average Bonchev–Trinajstić information content (AvgIpc) is 2.45. The van der Waals surface area contributed by atoms with Crippen molar-refractivity contribution in [2.24, 2.45) is 0 Å². The molecule has 0 aliphatic carbocycles. The van der Waals surface area contributed by atoms with Gasteiger partial charge >= 0.3 is 0 Å². The van der Waals surface area contributed by atoms with E-state index in [1.54, 1.807) is 24.3 Å². The number of benzene rings is 2. The third-order valence-electron chi connectivity index (χ3n) is 3.18. The van der Waals surface area contributed by atoms with Crippen LogP contribution in [-0.2, 0) is 0 Å². The molecule has 0 amide bonds. The highest BCUT2D eigenvalue weighted by molar-refractivity contribution is 6.21. The van der Waals surface area contributed by atoms with E-state index in [4.69, 9.17) is 21.1 Å². The first-order valence-corrected chi connectivity index (χ1v) is 6.67. The Kier molecular flexibility index (Phi) is 3.68. The van der Waals surface area contributed by atoms with E-state index in [0.29, 0.717) is 23.6 Å². The molecule has 3 rings (SSSR count). The lowest BCUT2D eigenvalue weighted by atomic mass is 10.1. The molecule has 2 nitrogen and oxygen atoms in total. The van der Waals surface area contributed by atoms with Crippen molar-refractivity contribution in [3.63, 3.8) is 0 Å². The molecule has 0 fully saturated rings. The van der Waals surface area contributed by atoms with Crippen molar-refractivity contribution in [2.45, 2.75) is 11.5 Å². The van der Waals surface area contributed by atoms with E-state index in [1.807, 2.05) is 0 Å². The maximum atomic E-state index is 13.8. The molecule has 0 bridgehead atoms. The quantitative estimate of drug-likeness (QED) is 0.773. The molecule has 0 N–H and O–H groups in total. The molecule has 0 spiro atoms. The molecular weight excluding hydrogens is 305 g/mol. The van der Waals surface area contributed by atoms with Crippen molar-refractivity contribution >= 4 is 11.6 Å². The number of fused-ring (bicyclic) bond motifs is 1. The van der Waals surface area contributed by atoms with Crippen molar-refractivity contribution in [1.82, 2.24) is 0 Å². The van der Waals surface area contributed by atoms with Gasteiger partial charge < -0.3 is 9.47 Å². The monoisotopic (exact) mass is 314 g/mol. The smallest absolute Gasteiger partial charge is 0.161 e. The second-order valence-corrected chi connectivity index (χ2v) is 5.07. The zero-order chi connectivity index (χ0) is 15.0. The Bertz CT molecular complexity index is 655. The fourth-order valence-corrected chi connectivity index (χ4v) is 2.52. The molecule has 2 aromatic carbocycles. The van der Waals surface area contributed by atoms with Crippen molar-refractivity contribution in [3.8, 4) is 11.5 Å². The molecule has 2 unspecified atom stereocenters. The Morgan fingerprint density at radius 2 is 1.67 bits per heavy atom. The second-order valence-electron chi connectivity index (χ2n) is 4.60. The van der Waals surface area contributed by atoms with Crippen LogP contribution < -0.4 is 9.47 Å². The highest BCUT2D eigenvalue weighted by Gasteiger charge is 2.32.